The number of ketones is 1. The fourth-order valence-corrected chi connectivity index (χ4v) is 4.70. The third kappa shape index (κ3) is 5.11. The lowest BCUT2D eigenvalue weighted by Gasteiger charge is -2.37. The van der Waals surface area contributed by atoms with Crippen LogP contribution in [0.5, 0.6) is 0 Å². The van der Waals surface area contributed by atoms with Gasteiger partial charge in [-0.2, -0.15) is 0 Å². The Labute approximate surface area is 132 Å². The molecule has 0 radical (unpaired) electrons. The predicted octanol–water partition coefficient (Wildman–Crippen LogP) is 6.16. The van der Waals surface area contributed by atoms with Crippen LogP contribution in [0.2, 0.25) is 0 Å². The van der Waals surface area contributed by atoms with E-state index in [-0.39, 0.29) is 0 Å². The Balaban J connectivity index is 1.71. The fourth-order valence-electron chi connectivity index (χ4n) is 4.70. The molecule has 1 heteroatoms. The smallest absolute Gasteiger partial charge is 0.136 e. The predicted molar refractivity (Wildman–Crippen MR) is 90.3 cm³/mol. The monoisotopic (exact) mass is 292 g/mol. The molecule has 0 saturated heterocycles. The van der Waals surface area contributed by atoms with Crippen LogP contribution in [0.25, 0.3) is 0 Å². The van der Waals surface area contributed by atoms with Crippen molar-refractivity contribution in [2.75, 3.05) is 0 Å². The third-order valence-corrected chi connectivity index (χ3v) is 6.23. The van der Waals surface area contributed by atoms with Crippen LogP contribution >= 0.6 is 0 Å². The van der Waals surface area contributed by atoms with Crippen LogP contribution in [0, 0.1) is 23.7 Å². The highest BCUT2D eigenvalue weighted by molar-refractivity contribution is 5.81. The van der Waals surface area contributed by atoms with E-state index in [1.807, 2.05) is 0 Å². The summed E-state index contributed by atoms with van der Waals surface area (Å²) in [5.41, 5.74) is 0. The fraction of sp³-hybridized carbons (Fsp3) is 0.950. The first-order chi connectivity index (χ1) is 10.2. The van der Waals surface area contributed by atoms with Crippen molar-refractivity contribution in [3.8, 4) is 0 Å². The standard InChI is InChI=1S/C20H36O/c1-3-5-7-16-9-11-17(12-10-16)19-14-13-18(8-6-4-2)20(21)15-19/h16-19H,3-15H2,1-2H3. The molecule has 2 fully saturated rings. The number of hydrogen-bond acceptors (Lipinski definition) is 1. The molecule has 0 amide bonds. The number of carbonyl (C=O) groups excluding carboxylic acids is 1. The van der Waals surface area contributed by atoms with Gasteiger partial charge in [0.25, 0.3) is 0 Å². The average molecular weight is 293 g/mol. The molecule has 0 heterocycles. The van der Waals surface area contributed by atoms with Crippen molar-refractivity contribution in [3.05, 3.63) is 0 Å². The molecule has 0 aromatic rings. The van der Waals surface area contributed by atoms with Gasteiger partial charge in [-0.25, -0.2) is 0 Å². The Kier molecular flexibility index (Phi) is 7.26. The van der Waals surface area contributed by atoms with E-state index in [1.165, 1.54) is 70.6 Å². The molecule has 21 heavy (non-hydrogen) atoms. The summed E-state index contributed by atoms with van der Waals surface area (Å²) in [6.45, 7) is 4.53. The van der Waals surface area contributed by atoms with Gasteiger partial charge in [0.15, 0.2) is 0 Å². The second-order valence-corrected chi connectivity index (χ2v) is 7.77. The second-order valence-electron chi connectivity index (χ2n) is 7.77. The first kappa shape index (κ1) is 17.0. The molecule has 1 nitrogen and oxygen atoms in total. The molecule has 2 rings (SSSR count). The van der Waals surface area contributed by atoms with Crippen molar-refractivity contribution >= 4 is 5.78 Å². The van der Waals surface area contributed by atoms with Gasteiger partial charge >= 0.3 is 0 Å². The van der Waals surface area contributed by atoms with Gasteiger partial charge in [-0.3, -0.25) is 4.79 Å². The Hall–Kier alpha value is -0.330. The van der Waals surface area contributed by atoms with E-state index in [4.69, 9.17) is 0 Å². The minimum atomic E-state index is 0.419. The highest BCUT2D eigenvalue weighted by Crippen LogP contribution is 2.42. The van der Waals surface area contributed by atoms with Crippen molar-refractivity contribution in [2.45, 2.75) is 97.3 Å². The topological polar surface area (TPSA) is 17.1 Å². The lowest BCUT2D eigenvalue weighted by atomic mass is 9.68. The van der Waals surface area contributed by atoms with Crippen LogP contribution < -0.4 is 0 Å². The summed E-state index contributed by atoms with van der Waals surface area (Å²) in [6, 6.07) is 0. The lowest BCUT2D eigenvalue weighted by molar-refractivity contribution is -0.127. The van der Waals surface area contributed by atoms with Crippen LogP contribution in [0.15, 0.2) is 0 Å². The van der Waals surface area contributed by atoms with Crippen LogP contribution in [0.1, 0.15) is 97.3 Å². The lowest BCUT2D eigenvalue weighted by Crippen LogP contribution is -2.31. The van der Waals surface area contributed by atoms with Crippen molar-refractivity contribution < 1.29 is 4.79 Å². The van der Waals surface area contributed by atoms with E-state index in [1.54, 1.807) is 0 Å². The van der Waals surface area contributed by atoms with E-state index < -0.39 is 0 Å². The maximum absolute atomic E-state index is 12.4. The zero-order valence-electron chi connectivity index (χ0n) is 14.4. The average Bonchev–Trinajstić information content (AvgIpc) is 2.52. The van der Waals surface area contributed by atoms with Crippen LogP contribution in [0.4, 0.5) is 0 Å². The molecule has 0 aliphatic heterocycles. The minimum absolute atomic E-state index is 0.419. The summed E-state index contributed by atoms with van der Waals surface area (Å²) in [7, 11) is 0. The molecule has 2 atom stereocenters. The molecule has 2 aliphatic carbocycles. The first-order valence-corrected chi connectivity index (χ1v) is 9.77. The minimum Gasteiger partial charge on any atom is -0.299 e. The molecule has 0 N–H and O–H groups in total. The van der Waals surface area contributed by atoms with E-state index in [0.717, 1.165) is 30.6 Å². The highest BCUT2D eigenvalue weighted by Gasteiger charge is 2.34. The number of carbonyl (C=O) groups is 1. The maximum Gasteiger partial charge on any atom is 0.136 e. The molecule has 0 aromatic carbocycles. The van der Waals surface area contributed by atoms with E-state index in [0.29, 0.717) is 11.7 Å². The van der Waals surface area contributed by atoms with Gasteiger partial charge in [0.05, 0.1) is 0 Å². The number of hydrogen-bond donors (Lipinski definition) is 0. The Bertz CT molecular complexity index is 301. The molecule has 2 unspecified atom stereocenters. The van der Waals surface area contributed by atoms with Crippen molar-refractivity contribution in [1.82, 2.24) is 0 Å². The molecule has 0 spiro atoms. The van der Waals surface area contributed by atoms with Crippen molar-refractivity contribution in [2.24, 2.45) is 23.7 Å². The molecule has 0 bridgehead atoms. The van der Waals surface area contributed by atoms with Gasteiger partial charge in [0.1, 0.15) is 5.78 Å². The Morgan fingerprint density at radius 1 is 0.810 bits per heavy atom. The van der Waals surface area contributed by atoms with Gasteiger partial charge in [-0.1, -0.05) is 58.8 Å². The second kappa shape index (κ2) is 8.96. The van der Waals surface area contributed by atoms with E-state index in [2.05, 4.69) is 13.8 Å². The quantitative estimate of drug-likeness (QED) is 0.549. The summed E-state index contributed by atoms with van der Waals surface area (Å²) in [6.07, 6.45) is 17.0. The van der Waals surface area contributed by atoms with Crippen LogP contribution in [-0.2, 0) is 4.79 Å². The van der Waals surface area contributed by atoms with Gasteiger partial charge in [0, 0.05) is 12.3 Å². The Morgan fingerprint density at radius 3 is 2.05 bits per heavy atom. The SMILES string of the molecule is CCCCC1CCC(C2CCC(CCCC)C(=O)C2)CC1. The summed E-state index contributed by atoms with van der Waals surface area (Å²) >= 11 is 0. The normalized spacial score (nSPS) is 34.1. The maximum atomic E-state index is 12.4. The number of unbranched alkanes of at least 4 members (excludes halogenated alkanes) is 2. The zero-order valence-corrected chi connectivity index (χ0v) is 14.4. The van der Waals surface area contributed by atoms with E-state index in [9.17, 15) is 4.79 Å². The molecule has 2 saturated carbocycles. The summed E-state index contributed by atoms with van der Waals surface area (Å²) in [4.78, 5) is 12.4. The van der Waals surface area contributed by atoms with Gasteiger partial charge in [-0.05, 0) is 49.9 Å². The number of Topliss-reactive ketones (excluding diaryl/α,β-unsaturated/α-hetero) is 1. The molecule has 122 valence electrons. The zero-order chi connectivity index (χ0) is 15.1. The third-order valence-electron chi connectivity index (χ3n) is 6.23. The molecular weight excluding hydrogens is 256 g/mol. The van der Waals surface area contributed by atoms with Crippen molar-refractivity contribution in [3.63, 3.8) is 0 Å². The summed E-state index contributed by atoms with van der Waals surface area (Å²) in [5.74, 6) is 3.63. The van der Waals surface area contributed by atoms with Gasteiger partial charge in [-0.15, -0.1) is 0 Å². The molecule has 0 aromatic heterocycles. The first-order valence-electron chi connectivity index (χ1n) is 9.77. The number of rotatable bonds is 7. The highest BCUT2D eigenvalue weighted by atomic mass is 16.1. The van der Waals surface area contributed by atoms with Gasteiger partial charge in [0.2, 0.25) is 0 Å². The summed E-state index contributed by atoms with van der Waals surface area (Å²) in [5, 5.41) is 0. The Morgan fingerprint density at radius 2 is 1.43 bits per heavy atom. The summed E-state index contributed by atoms with van der Waals surface area (Å²) < 4.78 is 0. The van der Waals surface area contributed by atoms with Crippen molar-refractivity contribution in [1.29, 1.82) is 0 Å². The van der Waals surface area contributed by atoms with Crippen LogP contribution in [-0.4, -0.2) is 5.78 Å². The largest absolute Gasteiger partial charge is 0.299 e. The molecular formula is C20H36O. The van der Waals surface area contributed by atoms with Gasteiger partial charge < -0.3 is 0 Å². The van der Waals surface area contributed by atoms with E-state index >= 15 is 0 Å². The van der Waals surface area contributed by atoms with Crippen LogP contribution in [0.3, 0.4) is 0 Å². The molecule has 2 aliphatic rings.